The van der Waals surface area contributed by atoms with Crippen molar-refractivity contribution >= 4 is 16.8 Å². The Balaban J connectivity index is 1.84. The molecule has 1 aliphatic rings. The van der Waals surface area contributed by atoms with E-state index in [2.05, 4.69) is 79.8 Å². The third-order valence-electron chi connectivity index (χ3n) is 3.57. The van der Waals surface area contributed by atoms with Crippen LogP contribution in [0.5, 0.6) is 0 Å². The molecule has 0 fully saturated rings. The summed E-state index contributed by atoms with van der Waals surface area (Å²) in [5.41, 5.74) is 8.25. The average Bonchev–Trinajstić information content (AvgIpc) is 2.84. The molecule has 0 radical (unpaired) electrons. The first kappa shape index (κ1) is 13.3. The van der Waals surface area contributed by atoms with Crippen LogP contribution in [-0.4, -0.2) is 5.04 Å². The first-order valence-corrected chi connectivity index (χ1v) is 7.56. The Morgan fingerprint density at radius 3 is 2.05 bits per heavy atom. The molecule has 20 heavy (non-hydrogen) atoms. The van der Waals surface area contributed by atoms with Crippen LogP contribution in [0.1, 0.15) is 29.2 Å². The lowest BCUT2D eigenvalue weighted by Crippen LogP contribution is -2.28. The molecule has 1 N–H and O–H groups in total. The van der Waals surface area contributed by atoms with Crippen molar-refractivity contribution in [2.24, 2.45) is 5.10 Å². The maximum atomic E-state index is 4.52. The number of hydrogen-bond acceptors (Lipinski definition) is 3. The summed E-state index contributed by atoms with van der Waals surface area (Å²) in [6.45, 7) is 6.38. The van der Waals surface area contributed by atoms with Gasteiger partial charge in [0.1, 0.15) is 9.91 Å². The van der Waals surface area contributed by atoms with Crippen molar-refractivity contribution in [1.29, 1.82) is 0 Å². The van der Waals surface area contributed by atoms with Crippen LogP contribution in [0.15, 0.2) is 53.6 Å². The van der Waals surface area contributed by atoms with Gasteiger partial charge in [0.05, 0.1) is 0 Å². The third-order valence-corrected chi connectivity index (χ3v) is 4.83. The van der Waals surface area contributed by atoms with E-state index in [4.69, 9.17) is 0 Å². The molecule has 1 aliphatic heterocycles. The Bertz CT molecular complexity index is 644. The van der Waals surface area contributed by atoms with Gasteiger partial charge in [0.15, 0.2) is 0 Å². The molecular formula is C17H18N2S. The smallest absolute Gasteiger partial charge is 0.128 e. The minimum absolute atomic E-state index is 0.187. The van der Waals surface area contributed by atoms with Crippen molar-refractivity contribution in [2.75, 3.05) is 0 Å². The Labute approximate surface area is 124 Å². The van der Waals surface area contributed by atoms with Crippen molar-refractivity contribution < 1.29 is 0 Å². The fourth-order valence-corrected chi connectivity index (χ4v) is 3.29. The highest BCUT2D eigenvalue weighted by Crippen LogP contribution is 2.40. The molecule has 102 valence electrons. The summed E-state index contributed by atoms with van der Waals surface area (Å²) < 4.78 is 0. The third kappa shape index (κ3) is 2.46. The second-order valence-electron chi connectivity index (χ2n) is 5.40. The van der Waals surface area contributed by atoms with E-state index in [1.165, 1.54) is 22.3 Å². The van der Waals surface area contributed by atoms with Crippen LogP contribution in [0.2, 0.25) is 0 Å². The van der Waals surface area contributed by atoms with E-state index in [1.807, 2.05) is 0 Å². The molecule has 0 amide bonds. The fourth-order valence-electron chi connectivity index (χ4n) is 2.21. The summed E-state index contributed by atoms with van der Waals surface area (Å²) >= 11 is 1.77. The van der Waals surface area contributed by atoms with Gasteiger partial charge in [-0.15, -0.1) is 0 Å². The topological polar surface area (TPSA) is 24.4 Å². The number of hydrogen-bond donors (Lipinski definition) is 1. The molecule has 0 bridgehead atoms. The van der Waals surface area contributed by atoms with Crippen LogP contribution in [0, 0.1) is 13.8 Å². The summed E-state index contributed by atoms with van der Waals surface area (Å²) in [5, 5.41) is 5.57. The van der Waals surface area contributed by atoms with E-state index in [9.17, 15) is 0 Å². The minimum Gasteiger partial charge on any atom is -0.288 e. The van der Waals surface area contributed by atoms with Crippen molar-refractivity contribution in [3.05, 3.63) is 70.8 Å². The number of thioether (sulfide) groups is 1. The highest BCUT2D eigenvalue weighted by molar-refractivity contribution is 8.15. The first-order chi connectivity index (χ1) is 9.57. The normalized spacial score (nSPS) is 21.4. The summed E-state index contributed by atoms with van der Waals surface area (Å²) in [6, 6.07) is 17.1. The molecule has 1 unspecified atom stereocenters. The second kappa shape index (κ2) is 4.98. The van der Waals surface area contributed by atoms with Crippen LogP contribution >= 0.6 is 11.8 Å². The molecule has 0 spiro atoms. The lowest BCUT2D eigenvalue weighted by atomic mass is 10.1. The van der Waals surface area contributed by atoms with Gasteiger partial charge < -0.3 is 0 Å². The summed E-state index contributed by atoms with van der Waals surface area (Å²) in [6.07, 6.45) is 0. The van der Waals surface area contributed by atoms with Gasteiger partial charge in [0.2, 0.25) is 0 Å². The molecule has 2 nitrogen and oxygen atoms in total. The molecule has 0 saturated carbocycles. The Morgan fingerprint density at radius 1 is 0.900 bits per heavy atom. The van der Waals surface area contributed by atoms with Crippen molar-refractivity contribution in [3.63, 3.8) is 0 Å². The Morgan fingerprint density at radius 2 is 1.45 bits per heavy atom. The van der Waals surface area contributed by atoms with Crippen molar-refractivity contribution in [1.82, 2.24) is 5.43 Å². The van der Waals surface area contributed by atoms with Gasteiger partial charge in [0.25, 0.3) is 0 Å². The standard InChI is InChI=1S/C17H18N2S/c1-12-4-8-14(9-5-12)16-18-19-17(3,20-16)15-10-6-13(2)7-11-15/h4-11,19H,1-3H3. The molecular weight excluding hydrogens is 264 g/mol. The zero-order valence-electron chi connectivity index (χ0n) is 12.0. The van der Waals surface area contributed by atoms with E-state index >= 15 is 0 Å². The number of nitrogens with one attached hydrogen (secondary N) is 1. The molecule has 2 aromatic rings. The van der Waals surface area contributed by atoms with Crippen molar-refractivity contribution in [3.8, 4) is 0 Å². The first-order valence-electron chi connectivity index (χ1n) is 6.75. The maximum Gasteiger partial charge on any atom is 0.128 e. The predicted molar refractivity (Wildman–Crippen MR) is 87.0 cm³/mol. The molecule has 1 heterocycles. The predicted octanol–water partition coefficient (Wildman–Crippen LogP) is 4.17. The minimum atomic E-state index is -0.187. The van der Waals surface area contributed by atoms with Gasteiger partial charge in [-0.05, 0) is 26.3 Å². The number of aryl methyl sites for hydroxylation is 2. The van der Waals surface area contributed by atoms with Gasteiger partial charge in [0, 0.05) is 5.56 Å². The van der Waals surface area contributed by atoms with Gasteiger partial charge in [-0.1, -0.05) is 71.4 Å². The average molecular weight is 282 g/mol. The van der Waals surface area contributed by atoms with E-state index in [1.54, 1.807) is 11.8 Å². The van der Waals surface area contributed by atoms with Gasteiger partial charge >= 0.3 is 0 Å². The van der Waals surface area contributed by atoms with Crippen molar-refractivity contribution in [2.45, 2.75) is 25.6 Å². The molecule has 3 heteroatoms. The van der Waals surface area contributed by atoms with Crippen LogP contribution < -0.4 is 5.43 Å². The summed E-state index contributed by atoms with van der Waals surface area (Å²) in [5.74, 6) is 0. The molecule has 3 rings (SSSR count). The van der Waals surface area contributed by atoms with Crippen LogP contribution in [0.3, 0.4) is 0 Å². The molecule has 0 aromatic heterocycles. The number of nitrogens with zero attached hydrogens (tertiary/aromatic N) is 1. The molecule has 2 aromatic carbocycles. The Hall–Kier alpha value is -1.74. The molecule has 1 atom stereocenters. The molecule has 0 aliphatic carbocycles. The molecule has 0 saturated heterocycles. The van der Waals surface area contributed by atoms with Gasteiger partial charge in [-0.25, -0.2) is 0 Å². The quantitative estimate of drug-likeness (QED) is 0.894. The highest BCUT2D eigenvalue weighted by Gasteiger charge is 2.34. The maximum absolute atomic E-state index is 4.52. The summed E-state index contributed by atoms with van der Waals surface area (Å²) in [4.78, 5) is -0.187. The zero-order valence-corrected chi connectivity index (χ0v) is 12.8. The summed E-state index contributed by atoms with van der Waals surface area (Å²) in [7, 11) is 0. The SMILES string of the molecule is Cc1ccc(C2=NNC(C)(c3ccc(C)cc3)S2)cc1. The zero-order chi connectivity index (χ0) is 14.2. The monoisotopic (exact) mass is 282 g/mol. The van der Waals surface area contributed by atoms with Crippen LogP contribution in [0.25, 0.3) is 0 Å². The van der Waals surface area contributed by atoms with Gasteiger partial charge in [-0.2, -0.15) is 5.10 Å². The van der Waals surface area contributed by atoms with Crippen LogP contribution in [-0.2, 0) is 4.87 Å². The number of benzene rings is 2. The Kier molecular flexibility index (Phi) is 3.30. The van der Waals surface area contributed by atoms with E-state index in [0.29, 0.717) is 0 Å². The second-order valence-corrected chi connectivity index (χ2v) is 6.80. The highest BCUT2D eigenvalue weighted by atomic mass is 32.2. The van der Waals surface area contributed by atoms with Crippen LogP contribution in [0.4, 0.5) is 0 Å². The van der Waals surface area contributed by atoms with E-state index < -0.39 is 0 Å². The fraction of sp³-hybridized carbons (Fsp3) is 0.235. The van der Waals surface area contributed by atoms with Gasteiger partial charge in [-0.3, -0.25) is 5.43 Å². The number of rotatable bonds is 2. The number of hydrazone groups is 1. The van der Waals surface area contributed by atoms with E-state index in [0.717, 1.165) is 5.04 Å². The lowest BCUT2D eigenvalue weighted by molar-refractivity contribution is 0.563. The largest absolute Gasteiger partial charge is 0.288 e. The van der Waals surface area contributed by atoms with E-state index in [-0.39, 0.29) is 4.87 Å². The lowest BCUT2D eigenvalue weighted by Gasteiger charge is -2.23.